The van der Waals surface area contributed by atoms with E-state index in [0.29, 0.717) is 16.8 Å². The van der Waals surface area contributed by atoms with Gasteiger partial charge < -0.3 is 15.0 Å². The van der Waals surface area contributed by atoms with Crippen LogP contribution in [0.4, 0.5) is 10.5 Å². The lowest BCUT2D eigenvalue weighted by Crippen LogP contribution is -2.47. The maximum Gasteiger partial charge on any atom is 0.321 e. The number of rotatable bonds is 3. The molecule has 2 amide bonds. The van der Waals surface area contributed by atoms with E-state index in [4.69, 9.17) is 16.3 Å². The first-order valence-electron chi connectivity index (χ1n) is 8.19. The lowest BCUT2D eigenvalue weighted by Gasteiger charge is -2.36. The first-order chi connectivity index (χ1) is 11.2. The van der Waals surface area contributed by atoms with Crippen LogP contribution in [0.1, 0.15) is 12.8 Å². The molecule has 2 aliphatic rings. The van der Waals surface area contributed by atoms with Crippen LogP contribution < -0.4 is 5.32 Å². The van der Waals surface area contributed by atoms with Gasteiger partial charge in [-0.25, -0.2) is 9.78 Å². The van der Waals surface area contributed by atoms with Crippen molar-refractivity contribution in [3.8, 4) is 0 Å². The van der Waals surface area contributed by atoms with Crippen LogP contribution in [-0.4, -0.2) is 66.8 Å². The Morgan fingerprint density at radius 2 is 2.22 bits per heavy atom. The summed E-state index contributed by atoms with van der Waals surface area (Å²) in [4.78, 5) is 20.8. The van der Waals surface area contributed by atoms with Crippen LogP contribution >= 0.6 is 11.6 Å². The van der Waals surface area contributed by atoms with Gasteiger partial charge in [-0.05, 0) is 30.9 Å². The number of carbonyl (C=O) groups is 1. The maximum absolute atomic E-state index is 12.5. The minimum atomic E-state index is -0.0911. The average Bonchev–Trinajstić information content (AvgIpc) is 2.58. The number of pyridine rings is 1. The van der Waals surface area contributed by atoms with Gasteiger partial charge in [-0.2, -0.15) is 0 Å². The van der Waals surface area contributed by atoms with Crippen molar-refractivity contribution in [3.63, 3.8) is 0 Å². The minimum absolute atomic E-state index is 0.0911. The summed E-state index contributed by atoms with van der Waals surface area (Å²) in [6, 6.07) is 3.44. The smallest absolute Gasteiger partial charge is 0.321 e. The van der Waals surface area contributed by atoms with Crippen LogP contribution in [0, 0.1) is 5.92 Å². The number of halogens is 1. The van der Waals surface area contributed by atoms with Crippen molar-refractivity contribution in [1.82, 2.24) is 14.8 Å². The topological polar surface area (TPSA) is 57.7 Å². The fourth-order valence-corrected chi connectivity index (χ4v) is 3.39. The molecule has 0 saturated carbocycles. The number of piperidine rings is 1. The molecule has 126 valence electrons. The van der Waals surface area contributed by atoms with Crippen LogP contribution in [0.5, 0.6) is 0 Å². The molecule has 23 heavy (non-hydrogen) atoms. The highest BCUT2D eigenvalue weighted by Gasteiger charge is 2.26. The highest BCUT2D eigenvalue weighted by Crippen LogP contribution is 2.21. The maximum atomic E-state index is 12.5. The number of aromatic nitrogens is 1. The molecule has 1 aromatic rings. The highest BCUT2D eigenvalue weighted by molar-refractivity contribution is 6.32. The van der Waals surface area contributed by atoms with Gasteiger partial charge >= 0.3 is 6.03 Å². The zero-order valence-electron chi connectivity index (χ0n) is 13.2. The summed E-state index contributed by atoms with van der Waals surface area (Å²) in [5.74, 6) is 0.525. The summed E-state index contributed by atoms with van der Waals surface area (Å²) in [6.07, 6.45) is 3.83. The number of anilines is 1. The normalized spacial score (nSPS) is 22.8. The molecule has 2 fully saturated rings. The Bertz CT molecular complexity index is 537. The van der Waals surface area contributed by atoms with Crippen LogP contribution in [0.25, 0.3) is 0 Å². The summed E-state index contributed by atoms with van der Waals surface area (Å²) < 4.78 is 5.39. The Morgan fingerprint density at radius 3 is 3.00 bits per heavy atom. The predicted octanol–water partition coefficient (Wildman–Crippen LogP) is 2.31. The molecule has 1 N–H and O–H groups in total. The van der Waals surface area contributed by atoms with Crippen LogP contribution in [-0.2, 0) is 4.74 Å². The molecule has 2 aliphatic heterocycles. The second-order valence-corrected chi connectivity index (χ2v) is 6.50. The monoisotopic (exact) mass is 338 g/mol. The first kappa shape index (κ1) is 16.5. The van der Waals surface area contributed by atoms with E-state index in [9.17, 15) is 4.79 Å². The van der Waals surface area contributed by atoms with Crippen molar-refractivity contribution in [2.24, 2.45) is 5.92 Å². The Balaban J connectivity index is 1.53. The van der Waals surface area contributed by atoms with E-state index in [1.807, 2.05) is 4.90 Å². The lowest BCUT2D eigenvalue weighted by atomic mass is 9.97. The van der Waals surface area contributed by atoms with Gasteiger partial charge in [0.25, 0.3) is 0 Å². The van der Waals surface area contributed by atoms with Gasteiger partial charge in [0.2, 0.25) is 0 Å². The predicted molar refractivity (Wildman–Crippen MR) is 89.8 cm³/mol. The van der Waals surface area contributed by atoms with Crippen molar-refractivity contribution in [3.05, 3.63) is 23.5 Å². The third kappa shape index (κ3) is 4.56. The zero-order chi connectivity index (χ0) is 16.1. The van der Waals surface area contributed by atoms with Crippen molar-refractivity contribution in [2.45, 2.75) is 12.8 Å². The molecule has 0 aliphatic carbocycles. The number of morpholine rings is 1. The van der Waals surface area contributed by atoms with E-state index >= 15 is 0 Å². The standard InChI is InChI=1S/C16H23ClN4O2/c17-15-14(4-1-5-18-15)19-16(22)21-6-2-3-13(12-21)11-20-7-9-23-10-8-20/h1,4-5,13H,2-3,6-12H2,(H,19,22). The summed E-state index contributed by atoms with van der Waals surface area (Å²) in [5.41, 5.74) is 0.564. The largest absolute Gasteiger partial charge is 0.379 e. The van der Waals surface area contributed by atoms with Crippen molar-refractivity contribution in [2.75, 3.05) is 51.3 Å². The van der Waals surface area contributed by atoms with E-state index in [-0.39, 0.29) is 6.03 Å². The number of nitrogens with one attached hydrogen (secondary N) is 1. The summed E-state index contributed by atoms with van der Waals surface area (Å²) in [5, 5.41) is 3.19. The quantitative estimate of drug-likeness (QED) is 0.859. The number of nitrogens with zero attached hydrogens (tertiary/aromatic N) is 3. The minimum Gasteiger partial charge on any atom is -0.379 e. The molecule has 0 aromatic carbocycles. The molecular weight excluding hydrogens is 316 g/mol. The Kier molecular flexibility index (Phi) is 5.70. The van der Waals surface area contributed by atoms with Gasteiger partial charge in [-0.1, -0.05) is 11.6 Å². The fraction of sp³-hybridized carbons (Fsp3) is 0.625. The molecule has 0 radical (unpaired) electrons. The molecule has 3 heterocycles. The number of ether oxygens (including phenoxy) is 1. The van der Waals surface area contributed by atoms with E-state index in [1.54, 1.807) is 18.3 Å². The molecule has 2 saturated heterocycles. The number of carbonyl (C=O) groups excluding carboxylic acids is 1. The SMILES string of the molecule is O=C(Nc1cccnc1Cl)N1CCCC(CN2CCOCC2)C1. The average molecular weight is 339 g/mol. The Labute approximate surface area is 141 Å². The van der Waals surface area contributed by atoms with Gasteiger partial charge in [0.15, 0.2) is 5.15 Å². The van der Waals surface area contributed by atoms with Gasteiger partial charge in [0.1, 0.15) is 0 Å². The van der Waals surface area contributed by atoms with Crippen LogP contribution in [0.2, 0.25) is 5.15 Å². The molecule has 1 unspecified atom stereocenters. The Morgan fingerprint density at radius 1 is 1.39 bits per heavy atom. The van der Waals surface area contributed by atoms with Gasteiger partial charge in [-0.15, -0.1) is 0 Å². The zero-order valence-corrected chi connectivity index (χ0v) is 14.0. The van der Waals surface area contributed by atoms with E-state index in [1.165, 1.54) is 6.42 Å². The summed E-state index contributed by atoms with van der Waals surface area (Å²) in [6.45, 7) is 6.25. The van der Waals surface area contributed by atoms with E-state index < -0.39 is 0 Å². The molecule has 0 bridgehead atoms. The Hall–Kier alpha value is -1.37. The van der Waals surface area contributed by atoms with Gasteiger partial charge in [0.05, 0.1) is 18.9 Å². The molecule has 6 nitrogen and oxygen atoms in total. The third-order valence-electron chi connectivity index (χ3n) is 4.43. The highest BCUT2D eigenvalue weighted by atomic mass is 35.5. The molecule has 1 atom stereocenters. The number of hydrogen-bond acceptors (Lipinski definition) is 4. The van der Waals surface area contributed by atoms with Crippen molar-refractivity contribution < 1.29 is 9.53 Å². The molecule has 1 aromatic heterocycles. The van der Waals surface area contributed by atoms with Crippen LogP contribution in [0.15, 0.2) is 18.3 Å². The first-order valence-corrected chi connectivity index (χ1v) is 8.57. The molecule has 0 spiro atoms. The summed E-state index contributed by atoms with van der Waals surface area (Å²) >= 11 is 6.00. The molecule has 3 rings (SSSR count). The third-order valence-corrected chi connectivity index (χ3v) is 4.73. The number of amides is 2. The second kappa shape index (κ2) is 7.95. The summed E-state index contributed by atoms with van der Waals surface area (Å²) in [7, 11) is 0. The molecular formula is C16H23ClN4O2. The van der Waals surface area contributed by atoms with E-state index in [2.05, 4.69) is 15.2 Å². The van der Waals surface area contributed by atoms with Crippen molar-refractivity contribution in [1.29, 1.82) is 0 Å². The van der Waals surface area contributed by atoms with E-state index in [0.717, 1.165) is 52.4 Å². The molecule has 7 heteroatoms. The van der Waals surface area contributed by atoms with Gasteiger partial charge in [-0.3, -0.25) is 4.90 Å². The number of urea groups is 1. The van der Waals surface area contributed by atoms with Crippen LogP contribution in [0.3, 0.4) is 0 Å². The van der Waals surface area contributed by atoms with Crippen molar-refractivity contribution >= 4 is 23.3 Å². The van der Waals surface area contributed by atoms with Gasteiger partial charge in [0, 0.05) is 38.9 Å². The second-order valence-electron chi connectivity index (χ2n) is 6.14. The lowest BCUT2D eigenvalue weighted by molar-refractivity contribution is 0.0252. The number of hydrogen-bond donors (Lipinski definition) is 1. The fourth-order valence-electron chi connectivity index (χ4n) is 3.22. The number of likely N-dealkylation sites (tertiary alicyclic amines) is 1.